The third kappa shape index (κ3) is 3.10. The minimum atomic E-state index is -1.63. The van der Waals surface area contributed by atoms with Gasteiger partial charge in [0.05, 0.1) is 17.5 Å². The Kier molecular flexibility index (Phi) is 4.80. The van der Waals surface area contributed by atoms with Crippen molar-refractivity contribution in [2.24, 2.45) is 11.8 Å². The molecule has 0 aromatic heterocycles. The molecule has 4 aliphatic rings. The summed E-state index contributed by atoms with van der Waals surface area (Å²) in [5.74, 6) is -3.04. The molecule has 0 unspecified atom stereocenters. The van der Waals surface area contributed by atoms with Crippen LogP contribution in [0.2, 0.25) is 0 Å². The molecule has 3 aromatic carbocycles. The van der Waals surface area contributed by atoms with Gasteiger partial charge in [0, 0.05) is 23.4 Å². The number of phenols is 1. The number of carbonyl (C=O) groups is 3. The molecular formula is C28H22FN3O6. The van der Waals surface area contributed by atoms with E-state index in [1.807, 2.05) is 0 Å². The molecule has 0 aliphatic carbocycles. The Morgan fingerprint density at radius 1 is 0.947 bits per heavy atom. The van der Waals surface area contributed by atoms with Crippen LogP contribution in [0.1, 0.15) is 11.1 Å². The third-order valence-corrected chi connectivity index (χ3v) is 7.85. The molecule has 9 nitrogen and oxygen atoms in total. The largest absolute Gasteiger partial charge is 0.508 e. The molecule has 3 N–H and O–H groups in total. The van der Waals surface area contributed by atoms with E-state index < -0.39 is 47.0 Å². The second-order valence-electron chi connectivity index (χ2n) is 9.92. The number of nitrogens with zero attached hydrogens (tertiary/aromatic N) is 1. The number of phenolic OH excluding ortho intramolecular Hbond substituents is 1. The molecule has 10 heteroatoms. The van der Waals surface area contributed by atoms with Crippen molar-refractivity contribution in [1.82, 2.24) is 5.32 Å². The van der Waals surface area contributed by atoms with Crippen LogP contribution in [-0.4, -0.2) is 42.1 Å². The summed E-state index contributed by atoms with van der Waals surface area (Å²) in [6.45, 7) is 0.740. The minimum absolute atomic E-state index is 0.0963. The number of rotatable bonds is 3. The van der Waals surface area contributed by atoms with E-state index in [2.05, 4.69) is 10.6 Å². The summed E-state index contributed by atoms with van der Waals surface area (Å²) < 4.78 is 25.7. The van der Waals surface area contributed by atoms with Crippen LogP contribution in [-0.2, 0) is 26.3 Å². The second kappa shape index (κ2) is 8.03. The Morgan fingerprint density at radius 2 is 1.71 bits per heavy atom. The van der Waals surface area contributed by atoms with Gasteiger partial charge in [-0.15, -0.1) is 0 Å². The normalized spacial score (nSPS) is 27.0. The summed E-state index contributed by atoms with van der Waals surface area (Å²) in [5.41, 5.74) is 0.183. The fraction of sp³-hybridized carbons (Fsp3) is 0.250. The van der Waals surface area contributed by atoms with Gasteiger partial charge in [-0.1, -0.05) is 12.1 Å². The summed E-state index contributed by atoms with van der Waals surface area (Å²) in [4.78, 5) is 42.8. The Morgan fingerprint density at radius 3 is 2.50 bits per heavy atom. The lowest BCUT2D eigenvalue weighted by Crippen LogP contribution is -2.53. The number of ether oxygens (including phenoxy) is 2. The van der Waals surface area contributed by atoms with Crippen molar-refractivity contribution in [2.45, 2.75) is 18.0 Å². The van der Waals surface area contributed by atoms with E-state index in [0.717, 1.165) is 10.5 Å². The van der Waals surface area contributed by atoms with E-state index in [1.54, 1.807) is 30.3 Å². The Balaban J connectivity index is 1.35. The zero-order chi connectivity index (χ0) is 26.2. The molecule has 7 rings (SSSR count). The maximum Gasteiger partial charge on any atom is 0.250 e. The van der Waals surface area contributed by atoms with Gasteiger partial charge in [0.15, 0.2) is 11.5 Å². The fourth-order valence-corrected chi connectivity index (χ4v) is 6.26. The number of hydrogen-bond acceptors (Lipinski definition) is 7. The van der Waals surface area contributed by atoms with Crippen molar-refractivity contribution >= 4 is 29.1 Å². The molecule has 1 spiro atoms. The Hall–Kier alpha value is -4.44. The summed E-state index contributed by atoms with van der Waals surface area (Å²) in [6.07, 6.45) is 0.301. The van der Waals surface area contributed by atoms with Gasteiger partial charge in [-0.3, -0.25) is 19.7 Å². The maximum absolute atomic E-state index is 14.4. The first-order chi connectivity index (χ1) is 18.4. The van der Waals surface area contributed by atoms with Gasteiger partial charge in [-0.05, 0) is 54.4 Å². The van der Waals surface area contributed by atoms with Crippen LogP contribution < -0.4 is 25.0 Å². The number of amides is 3. The molecule has 4 aliphatic heterocycles. The summed E-state index contributed by atoms with van der Waals surface area (Å²) in [7, 11) is 0. The summed E-state index contributed by atoms with van der Waals surface area (Å²) >= 11 is 0. The zero-order valence-corrected chi connectivity index (χ0v) is 19.9. The van der Waals surface area contributed by atoms with Crippen molar-refractivity contribution in [3.05, 3.63) is 77.6 Å². The summed E-state index contributed by atoms with van der Waals surface area (Å²) in [6, 6.07) is 14.7. The number of carbonyl (C=O) groups excluding carboxylic acids is 3. The minimum Gasteiger partial charge on any atom is -0.508 e. The molecule has 2 fully saturated rings. The van der Waals surface area contributed by atoms with Crippen molar-refractivity contribution in [2.75, 3.05) is 23.4 Å². The first kappa shape index (κ1) is 22.7. The van der Waals surface area contributed by atoms with Crippen LogP contribution in [0, 0.1) is 17.7 Å². The van der Waals surface area contributed by atoms with Gasteiger partial charge in [-0.2, -0.15) is 0 Å². The molecular weight excluding hydrogens is 493 g/mol. The molecule has 3 amide bonds. The number of nitrogens with one attached hydrogen (secondary N) is 2. The number of benzene rings is 3. The molecule has 0 radical (unpaired) electrons. The predicted octanol–water partition coefficient (Wildman–Crippen LogP) is 2.47. The van der Waals surface area contributed by atoms with Crippen LogP contribution in [0.3, 0.4) is 0 Å². The van der Waals surface area contributed by atoms with E-state index >= 15 is 0 Å². The van der Waals surface area contributed by atoms with E-state index in [9.17, 15) is 23.9 Å². The van der Waals surface area contributed by atoms with Crippen LogP contribution in [0.4, 0.5) is 15.8 Å². The van der Waals surface area contributed by atoms with Crippen molar-refractivity contribution < 1.29 is 33.4 Å². The number of imide groups is 1. The molecule has 4 heterocycles. The van der Waals surface area contributed by atoms with E-state index in [1.165, 1.54) is 30.3 Å². The molecule has 0 saturated carbocycles. The van der Waals surface area contributed by atoms with Gasteiger partial charge in [-0.25, -0.2) is 9.29 Å². The van der Waals surface area contributed by atoms with Crippen LogP contribution >= 0.6 is 0 Å². The van der Waals surface area contributed by atoms with Gasteiger partial charge < -0.3 is 19.9 Å². The topological polar surface area (TPSA) is 117 Å². The molecule has 3 aromatic rings. The lowest BCUT2D eigenvalue weighted by molar-refractivity contribution is -0.130. The van der Waals surface area contributed by atoms with Crippen LogP contribution in [0.5, 0.6) is 17.2 Å². The van der Waals surface area contributed by atoms with Crippen molar-refractivity contribution in [3.63, 3.8) is 0 Å². The average Bonchev–Trinajstić information content (AvgIpc) is 3.49. The summed E-state index contributed by atoms with van der Waals surface area (Å²) in [5, 5.41) is 15.8. The second-order valence-corrected chi connectivity index (χ2v) is 9.92. The average molecular weight is 515 g/mol. The highest BCUT2D eigenvalue weighted by molar-refractivity contribution is 6.26. The first-order valence-electron chi connectivity index (χ1n) is 12.3. The first-order valence-corrected chi connectivity index (χ1v) is 12.3. The lowest BCUT2D eigenvalue weighted by atomic mass is 9.76. The van der Waals surface area contributed by atoms with Gasteiger partial charge in [0.1, 0.15) is 30.3 Å². The van der Waals surface area contributed by atoms with Gasteiger partial charge in [0.25, 0.3) is 0 Å². The number of halogens is 1. The number of fused-ring (bicyclic) bond motifs is 5. The predicted molar refractivity (Wildman–Crippen MR) is 132 cm³/mol. The fourth-order valence-electron chi connectivity index (χ4n) is 6.26. The molecule has 4 atom stereocenters. The van der Waals surface area contributed by atoms with E-state index in [0.29, 0.717) is 48.1 Å². The third-order valence-electron chi connectivity index (χ3n) is 7.85. The molecule has 192 valence electrons. The Labute approximate surface area is 216 Å². The standard InChI is InChI=1S/C28H22FN3O6/c29-15-3-7-19-18(12-15)28(27(36)30-19)24-23(20(31-28)11-14-1-5-17(33)6-2-14)25(34)32(26(24)35)16-4-8-21-22(13-16)38-10-9-37-21/h1-8,12-13,20,23-24,31,33H,9-11H2,(H,30,36)/t20-,23+,24+,28+/m0/s1. The zero-order valence-electron chi connectivity index (χ0n) is 19.9. The van der Waals surface area contributed by atoms with Crippen molar-refractivity contribution in [1.29, 1.82) is 0 Å². The highest BCUT2D eigenvalue weighted by Gasteiger charge is 2.70. The highest BCUT2D eigenvalue weighted by atomic mass is 19.1. The van der Waals surface area contributed by atoms with E-state index in [4.69, 9.17) is 9.47 Å². The number of hydrogen-bond donors (Lipinski definition) is 3. The number of anilines is 2. The Bertz CT molecular complexity index is 1530. The molecule has 2 saturated heterocycles. The van der Waals surface area contributed by atoms with Gasteiger partial charge >= 0.3 is 0 Å². The molecule has 0 bridgehead atoms. The maximum atomic E-state index is 14.4. The quantitative estimate of drug-likeness (QED) is 0.459. The monoisotopic (exact) mass is 515 g/mol. The molecule has 38 heavy (non-hydrogen) atoms. The van der Waals surface area contributed by atoms with Crippen molar-refractivity contribution in [3.8, 4) is 17.2 Å². The van der Waals surface area contributed by atoms with E-state index in [-0.39, 0.29) is 5.75 Å². The van der Waals surface area contributed by atoms with Crippen LogP contribution in [0.15, 0.2) is 60.7 Å². The lowest BCUT2D eigenvalue weighted by Gasteiger charge is -2.30. The smallest absolute Gasteiger partial charge is 0.250 e. The number of aromatic hydroxyl groups is 1. The SMILES string of the molecule is O=C1[C@@H]2[C@H](Cc3ccc(O)cc3)N[C@@]3(C(=O)Nc4ccc(F)cc43)[C@H]2C(=O)N1c1ccc2c(c1)OCCO2. The van der Waals surface area contributed by atoms with Gasteiger partial charge in [0.2, 0.25) is 17.7 Å². The highest BCUT2D eigenvalue weighted by Crippen LogP contribution is 2.54. The van der Waals surface area contributed by atoms with Crippen LogP contribution in [0.25, 0.3) is 0 Å².